The van der Waals surface area contributed by atoms with Crippen molar-refractivity contribution in [1.82, 2.24) is 39.3 Å². The zero-order chi connectivity index (χ0) is 34.7. The van der Waals surface area contributed by atoms with E-state index >= 15 is 4.39 Å². The number of aliphatic hydroxyl groups is 1. The third-order valence-electron chi connectivity index (χ3n) is 8.41. The lowest BCUT2D eigenvalue weighted by molar-refractivity contribution is -0.162. The van der Waals surface area contributed by atoms with Crippen LogP contribution in [0.1, 0.15) is 56.8 Å². The van der Waals surface area contributed by atoms with Gasteiger partial charge in [0.15, 0.2) is 6.10 Å². The van der Waals surface area contributed by atoms with Crippen LogP contribution in [0, 0.1) is 12.7 Å². The van der Waals surface area contributed by atoms with Gasteiger partial charge in [-0.15, -0.1) is 5.10 Å². The smallest absolute Gasteiger partial charge is 0.320 e. The Kier molecular flexibility index (Phi) is 10.1. The molecule has 12 nitrogen and oxygen atoms in total. The molecule has 0 radical (unpaired) electrons. The lowest BCUT2D eigenvalue weighted by Gasteiger charge is -2.45. The number of aliphatic hydroxyl groups excluding tert-OH is 1. The van der Waals surface area contributed by atoms with E-state index in [9.17, 15) is 27.9 Å². The van der Waals surface area contributed by atoms with Gasteiger partial charge in [0, 0.05) is 18.7 Å². The quantitative estimate of drug-likeness (QED) is 0.202. The first-order valence-electron chi connectivity index (χ1n) is 15.5. The van der Waals surface area contributed by atoms with E-state index in [1.54, 1.807) is 17.7 Å². The Bertz CT molecular complexity index is 1780. The van der Waals surface area contributed by atoms with Crippen LogP contribution < -0.4 is 4.74 Å². The largest absolute Gasteiger partial charge is 0.479 e. The second-order valence-electron chi connectivity index (χ2n) is 11.3. The minimum atomic E-state index is -2.93. The van der Waals surface area contributed by atoms with E-state index in [1.807, 2.05) is 13.8 Å². The SMILES string of the molecule is C=CC(=O)N1CC(F)(C(=O)N2CCC(n3nnc(-c4cc(OC(CO)c5ccc(F)cn5)c5c(c4)ncn5C(F)F)c3C)CC2)C1.CC. The van der Waals surface area contributed by atoms with Crippen LogP contribution in [-0.2, 0) is 9.59 Å². The van der Waals surface area contributed by atoms with E-state index in [2.05, 4.69) is 26.9 Å². The number of carbonyl (C=O) groups excluding carboxylic acids is 2. The summed E-state index contributed by atoms with van der Waals surface area (Å²) < 4.78 is 64.8. The van der Waals surface area contributed by atoms with Gasteiger partial charge in [-0.05, 0) is 50.1 Å². The number of nitrogens with zero attached hydrogens (tertiary/aromatic N) is 8. The van der Waals surface area contributed by atoms with Gasteiger partial charge in [0.1, 0.15) is 29.1 Å². The summed E-state index contributed by atoms with van der Waals surface area (Å²) in [5.41, 5.74) is -0.207. The number of halogens is 4. The van der Waals surface area contributed by atoms with Gasteiger partial charge in [0.2, 0.25) is 11.6 Å². The average molecular weight is 673 g/mol. The number of amides is 2. The highest BCUT2D eigenvalue weighted by molar-refractivity contribution is 5.93. The van der Waals surface area contributed by atoms with Crippen LogP contribution in [0.15, 0.2) is 49.4 Å². The molecule has 2 fully saturated rings. The fraction of sp³-hybridized carbons (Fsp3) is 0.438. The molecule has 0 aliphatic carbocycles. The second-order valence-corrected chi connectivity index (χ2v) is 11.3. The molecule has 2 aliphatic heterocycles. The van der Waals surface area contributed by atoms with Gasteiger partial charge < -0.3 is 19.6 Å². The number of rotatable bonds is 9. The van der Waals surface area contributed by atoms with Crippen LogP contribution >= 0.6 is 0 Å². The number of hydrogen-bond acceptors (Lipinski definition) is 8. The number of piperidine rings is 1. The van der Waals surface area contributed by atoms with Gasteiger partial charge in [-0.1, -0.05) is 25.6 Å². The molecule has 5 heterocycles. The maximum atomic E-state index is 15.2. The molecule has 2 amide bonds. The number of hydrogen-bond donors (Lipinski definition) is 1. The molecule has 16 heteroatoms. The van der Waals surface area contributed by atoms with Crippen LogP contribution in [0.25, 0.3) is 22.3 Å². The van der Waals surface area contributed by atoms with E-state index < -0.39 is 42.6 Å². The van der Waals surface area contributed by atoms with Crippen molar-refractivity contribution in [3.63, 3.8) is 0 Å². The van der Waals surface area contributed by atoms with Crippen molar-refractivity contribution in [2.75, 3.05) is 32.8 Å². The van der Waals surface area contributed by atoms with Crippen molar-refractivity contribution < 1.29 is 37.0 Å². The maximum Gasteiger partial charge on any atom is 0.320 e. The average Bonchev–Trinajstić information content (AvgIpc) is 3.70. The summed E-state index contributed by atoms with van der Waals surface area (Å²) in [5.74, 6) is -1.68. The Morgan fingerprint density at radius 3 is 2.46 bits per heavy atom. The van der Waals surface area contributed by atoms with Crippen molar-refractivity contribution in [2.24, 2.45) is 0 Å². The third kappa shape index (κ3) is 6.48. The van der Waals surface area contributed by atoms with Gasteiger partial charge in [-0.3, -0.25) is 19.1 Å². The molecule has 3 aromatic heterocycles. The molecule has 1 N–H and O–H groups in total. The Balaban J connectivity index is 0.00000221. The van der Waals surface area contributed by atoms with Crippen molar-refractivity contribution in [1.29, 1.82) is 0 Å². The number of pyridine rings is 1. The molecule has 48 heavy (non-hydrogen) atoms. The van der Waals surface area contributed by atoms with Gasteiger partial charge in [0.25, 0.3) is 5.91 Å². The number of ether oxygens (including phenoxy) is 1. The van der Waals surface area contributed by atoms with Crippen LogP contribution in [0.5, 0.6) is 5.75 Å². The fourth-order valence-electron chi connectivity index (χ4n) is 5.96. The molecular weight excluding hydrogens is 636 g/mol. The van der Waals surface area contributed by atoms with E-state index in [0.717, 1.165) is 24.7 Å². The minimum Gasteiger partial charge on any atom is -0.479 e. The number of aromatic nitrogens is 6. The molecule has 256 valence electrons. The monoisotopic (exact) mass is 672 g/mol. The second kappa shape index (κ2) is 14.1. The predicted molar refractivity (Wildman–Crippen MR) is 166 cm³/mol. The minimum absolute atomic E-state index is 0.0181. The summed E-state index contributed by atoms with van der Waals surface area (Å²) >= 11 is 0. The van der Waals surface area contributed by atoms with E-state index in [-0.39, 0.29) is 54.7 Å². The van der Waals surface area contributed by atoms with Crippen LogP contribution in [0.4, 0.5) is 17.6 Å². The van der Waals surface area contributed by atoms with Gasteiger partial charge in [-0.2, -0.15) is 8.78 Å². The number of carbonyl (C=O) groups is 2. The summed E-state index contributed by atoms with van der Waals surface area (Å²) in [6.07, 6.45) is 2.89. The molecule has 1 atom stereocenters. The molecule has 1 aromatic carbocycles. The van der Waals surface area contributed by atoms with E-state index in [4.69, 9.17) is 4.74 Å². The molecule has 0 spiro atoms. The normalized spacial score (nSPS) is 16.7. The number of benzene rings is 1. The van der Waals surface area contributed by atoms with Crippen molar-refractivity contribution in [3.05, 3.63) is 66.6 Å². The predicted octanol–water partition coefficient (Wildman–Crippen LogP) is 4.57. The highest BCUT2D eigenvalue weighted by Gasteiger charge is 2.53. The third-order valence-corrected chi connectivity index (χ3v) is 8.41. The summed E-state index contributed by atoms with van der Waals surface area (Å²) in [6.45, 7) is 5.65. The first kappa shape index (κ1) is 34.5. The number of likely N-dealkylation sites (tertiary alicyclic amines) is 2. The van der Waals surface area contributed by atoms with E-state index in [0.29, 0.717) is 34.4 Å². The van der Waals surface area contributed by atoms with Gasteiger partial charge in [-0.25, -0.2) is 18.4 Å². The summed E-state index contributed by atoms with van der Waals surface area (Å²) in [6, 6.07) is 5.40. The highest BCUT2D eigenvalue weighted by Crippen LogP contribution is 2.38. The Morgan fingerprint density at radius 2 is 1.85 bits per heavy atom. The van der Waals surface area contributed by atoms with Gasteiger partial charge >= 0.3 is 6.55 Å². The Labute approximate surface area is 273 Å². The zero-order valence-corrected chi connectivity index (χ0v) is 26.7. The van der Waals surface area contributed by atoms with Crippen molar-refractivity contribution in [3.8, 4) is 17.0 Å². The molecule has 4 aromatic rings. The first-order chi connectivity index (χ1) is 23.0. The van der Waals surface area contributed by atoms with Crippen LogP contribution in [-0.4, -0.2) is 94.7 Å². The van der Waals surface area contributed by atoms with Gasteiger partial charge in [0.05, 0.1) is 48.8 Å². The number of fused-ring (bicyclic) bond motifs is 1. The van der Waals surface area contributed by atoms with Crippen molar-refractivity contribution in [2.45, 2.75) is 58.0 Å². The summed E-state index contributed by atoms with van der Waals surface area (Å²) in [4.78, 5) is 35.4. The molecular formula is C32H36F4N8O4. The Morgan fingerprint density at radius 1 is 1.15 bits per heavy atom. The van der Waals surface area contributed by atoms with E-state index in [1.165, 1.54) is 21.9 Å². The zero-order valence-electron chi connectivity index (χ0n) is 26.7. The lowest BCUT2D eigenvalue weighted by Crippen LogP contribution is -2.68. The molecule has 6 rings (SSSR count). The van der Waals surface area contributed by atoms with Crippen LogP contribution in [0.2, 0.25) is 0 Å². The maximum absolute atomic E-state index is 15.2. The van der Waals surface area contributed by atoms with Crippen LogP contribution in [0.3, 0.4) is 0 Å². The standard InChI is InChI=1S/C30H30F4N8O4.C2H6/c1-3-25(44)40-14-30(34,15-40)28(45)39-8-6-20(7-9-39)42-17(2)26(37-38-42)18-10-22-27(41(16-36-22)29(32)33)23(11-18)46-24(13-43)21-5-4-19(31)12-35-21;1-2/h3-5,10-12,16,20,24,29,43H,1,6-9,13-15H2,2H3;1-2H3. The molecule has 1 unspecified atom stereocenters. The lowest BCUT2D eigenvalue weighted by atomic mass is 9.92. The Hall–Kier alpha value is -4.86. The molecule has 2 saturated heterocycles. The molecule has 0 saturated carbocycles. The number of imidazole rings is 1. The molecule has 2 aliphatic rings. The van der Waals surface area contributed by atoms with Crippen molar-refractivity contribution >= 4 is 22.8 Å². The number of alkyl halides is 3. The fourth-order valence-corrected chi connectivity index (χ4v) is 5.96. The molecule has 0 bridgehead atoms. The first-order valence-corrected chi connectivity index (χ1v) is 15.5. The highest BCUT2D eigenvalue weighted by atomic mass is 19.3. The topological polar surface area (TPSA) is 132 Å². The summed E-state index contributed by atoms with van der Waals surface area (Å²) in [5, 5.41) is 18.7. The summed E-state index contributed by atoms with van der Waals surface area (Å²) in [7, 11) is 0.